The molecule has 0 saturated heterocycles. The van der Waals surface area contributed by atoms with E-state index in [4.69, 9.17) is 16.3 Å². The van der Waals surface area contributed by atoms with Gasteiger partial charge in [-0.2, -0.15) is 0 Å². The van der Waals surface area contributed by atoms with Gasteiger partial charge in [-0.05, 0) is 57.4 Å². The van der Waals surface area contributed by atoms with E-state index in [1.807, 2.05) is 37.2 Å². The van der Waals surface area contributed by atoms with Crippen molar-refractivity contribution in [2.75, 3.05) is 27.2 Å². The Morgan fingerprint density at radius 1 is 1.08 bits per heavy atom. The van der Waals surface area contributed by atoms with Crippen molar-refractivity contribution in [2.45, 2.75) is 11.8 Å². The molecule has 0 unspecified atom stereocenters. The van der Waals surface area contributed by atoms with Crippen LogP contribution in [-0.4, -0.2) is 44.5 Å². The lowest BCUT2D eigenvalue weighted by atomic mass is 10.2. The molecule has 0 atom stereocenters. The fourth-order valence-corrected chi connectivity index (χ4v) is 4.52. The van der Waals surface area contributed by atoms with E-state index in [0.29, 0.717) is 28.6 Å². The van der Waals surface area contributed by atoms with Crippen LogP contribution in [0.1, 0.15) is 5.69 Å². The number of nitrogens with zero attached hydrogens (tertiary/aromatic N) is 2. The highest BCUT2D eigenvalue weighted by molar-refractivity contribution is 7.90. The fraction of sp³-hybridized carbons (Fsp3) is 0.263. The number of hydrogen-bond donors (Lipinski definition) is 0. The van der Waals surface area contributed by atoms with Crippen LogP contribution in [-0.2, 0) is 10.0 Å². The zero-order valence-electron chi connectivity index (χ0n) is 14.9. The maximum absolute atomic E-state index is 13.2. The molecule has 7 heteroatoms. The monoisotopic (exact) mass is 392 g/mol. The maximum atomic E-state index is 13.2. The third-order valence-electron chi connectivity index (χ3n) is 4.14. The number of para-hydroxylation sites is 1. The Bertz CT molecular complexity index is 1020. The molecule has 0 aliphatic heterocycles. The lowest BCUT2D eigenvalue weighted by Gasteiger charge is -2.12. The summed E-state index contributed by atoms with van der Waals surface area (Å²) in [6, 6.07) is 13.5. The van der Waals surface area contributed by atoms with E-state index in [0.717, 1.165) is 11.9 Å². The number of halogens is 1. The second kappa shape index (κ2) is 7.31. The quantitative estimate of drug-likeness (QED) is 0.640. The number of fused-ring (bicyclic) bond motifs is 1. The zero-order chi connectivity index (χ0) is 18.9. The minimum absolute atomic E-state index is 0.186. The second-order valence-electron chi connectivity index (χ2n) is 6.31. The molecule has 3 aromatic rings. The average Bonchev–Trinajstić information content (AvgIpc) is 2.87. The van der Waals surface area contributed by atoms with Crippen LogP contribution in [0.2, 0.25) is 5.02 Å². The van der Waals surface area contributed by atoms with Crippen LogP contribution in [0.5, 0.6) is 5.75 Å². The zero-order valence-corrected chi connectivity index (χ0v) is 16.5. The van der Waals surface area contributed by atoms with Crippen molar-refractivity contribution in [3.63, 3.8) is 0 Å². The van der Waals surface area contributed by atoms with E-state index in [-0.39, 0.29) is 4.90 Å². The van der Waals surface area contributed by atoms with Gasteiger partial charge in [-0.3, -0.25) is 0 Å². The molecule has 0 fully saturated rings. The summed E-state index contributed by atoms with van der Waals surface area (Å²) in [5, 5.41) is 1.27. The Balaban J connectivity index is 2.14. The number of hydrogen-bond acceptors (Lipinski definition) is 4. The highest BCUT2D eigenvalue weighted by Crippen LogP contribution is 2.35. The second-order valence-corrected chi connectivity index (χ2v) is 8.53. The van der Waals surface area contributed by atoms with Gasteiger partial charge in [0, 0.05) is 17.0 Å². The van der Waals surface area contributed by atoms with Crippen LogP contribution < -0.4 is 4.74 Å². The number of rotatable bonds is 6. The van der Waals surface area contributed by atoms with Crippen LogP contribution in [0.4, 0.5) is 0 Å². The molecule has 1 aromatic heterocycles. The Morgan fingerprint density at radius 3 is 2.38 bits per heavy atom. The predicted molar refractivity (Wildman–Crippen MR) is 105 cm³/mol. The molecule has 1 heterocycles. The van der Waals surface area contributed by atoms with Crippen molar-refractivity contribution >= 4 is 32.5 Å². The summed E-state index contributed by atoms with van der Waals surface area (Å²) >= 11 is 5.90. The number of benzene rings is 2. The minimum Gasteiger partial charge on any atom is -0.490 e. The van der Waals surface area contributed by atoms with E-state index in [9.17, 15) is 8.42 Å². The van der Waals surface area contributed by atoms with Gasteiger partial charge in [-0.25, -0.2) is 12.4 Å². The Labute approximate surface area is 158 Å². The van der Waals surface area contributed by atoms with Gasteiger partial charge >= 0.3 is 0 Å². The van der Waals surface area contributed by atoms with Gasteiger partial charge in [-0.15, -0.1) is 0 Å². The molecular formula is C19H21ClN2O3S. The first-order valence-corrected chi connectivity index (χ1v) is 10.0. The molecule has 0 N–H and O–H groups in total. The van der Waals surface area contributed by atoms with Crippen molar-refractivity contribution in [3.8, 4) is 5.75 Å². The van der Waals surface area contributed by atoms with Crippen LogP contribution in [0.15, 0.2) is 53.4 Å². The molecule has 0 saturated carbocycles. The highest BCUT2D eigenvalue weighted by Gasteiger charge is 2.25. The fourth-order valence-electron chi connectivity index (χ4n) is 2.84. The van der Waals surface area contributed by atoms with Crippen LogP contribution in [0.3, 0.4) is 0 Å². The molecule has 26 heavy (non-hydrogen) atoms. The van der Waals surface area contributed by atoms with Gasteiger partial charge in [-0.1, -0.05) is 23.7 Å². The summed E-state index contributed by atoms with van der Waals surface area (Å²) in [5.74, 6) is 0.597. The van der Waals surface area contributed by atoms with Gasteiger partial charge < -0.3 is 9.64 Å². The normalized spacial score (nSPS) is 12.0. The van der Waals surface area contributed by atoms with Crippen molar-refractivity contribution in [1.29, 1.82) is 0 Å². The SMILES string of the molecule is Cc1c(OCCN(C)C)c2ccccc2n1S(=O)(=O)c1ccc(Cl)cc1. The average molecular weight is 393 g/mol. The van der Waals surface area contributed by atoms with Crippen molar-refractivity contribution < 1.29 is 13.2 Å². The minimum atomic E-state index is -3.77. The van der Waals surface area contributed by atoms with Crippen molar-refractivity contribution in [1.82, 2.24) is 8.87 Å². The van der Waals surface area contributed by atoms with Crippen LogP contribution in [0.25, 0.3) is 10.9 Å². The Morgan fingerprint density at radius 2 is 1.73 bits per heavy atom. The first-order chi connectivity index (χ1) is 12.3. The van der Waals surface area contributed by atoms with E-state index in [2.05, 4.69) is 0 Å². The molecule has 0 bridgehead atoms. The standard InChI is InChI=1S/C19H21ClN2O3S/c1-14-19(25-13-12-21(2)3)17-6-4-5-7-18(17)22(14)26(23,24)16-10-8-15(20)9-11-16/h4-11H,12-13H2,1-3H3. The molecule has 3 rings (SSSR count). The van der Waals surface area contributed by atoms with E-state index in [1.54, 1.807) is 25.1 Å². The van der Waals surface area contributed by atoms with Gasteiger partial charge in [0.1, 0.15) is 12.4 Å². The van der Waals surface area contributed by atoms with Crippen molar-refractivity contribution in [2.24, 2.45) is 0 Å². The summed E-state index contributed by atoms with van der Waals surface area (Å²) in [4.78, 5) is 2.20. The van der Waals surface area contributed by atoms with Crippen LogP contribution >= 0.6 is 11.6 Å². The van der Waals surface area contributed by atoms with Gasteiger partial charge in [0.25, 0.3) is 10.0 Å². The number of likely N-dealkylation sites (N-methyl/N-ethyl adjacent to an activating group) is 1. The summed E-state index contributed by atoms with van der Waals surface area (Å²) in [6.07, 6.45) is 0. The van der Waals surface area contributed by atoms with Crippen molar-refractivity contribution in [3.05, 3.63) is 59.2 Å². The predicted octanol–water partition coefficient (Wildman–Crippen LogP) is 3.78. The van der Waals surface area contributed by atoms with Gasteiger partial charge in [0.2, 0.25) is 0 Å². The molecule has 0 radical (unpaired) electrons. The molecular weight excluding hydrogens is 372 g/mol. The maximum Gasteiger partial charge on any atom is 0.268 e. The molecule has 0 aliphatic carbocycles. The van der Waals surface area contributed by atoms with Gasteiger partial charge in [0.05, 0.1) is 16.1 Å². The lowest BCUT2D eigenvalue weighted by Crippen LogP contribution is -2.20. The van der Waals surface area contributed by atoms with E-state index >= 15 is 0 Å². The largest absolute Gasteiger partial charge is 0.490 e. The molecule has 138 valence electrons. The molecule has 0 spiro atoms. The Kier molecular flexibility index (Phi) is 5.27. The third-order valence-corrected chi connectivity index (χ3v) is 6.21. The topological polar surface area (TPSA) is 51.5 Å². The van der Waals surface area contributed by atoms with Gasteiger partial charge in [0.15, 0.2) is 0 Å². The molecule has 2 aromatic carbocycles. The summed E-state index contributed by atoms with van der Waals surface area (Å²) in [6.45, 7) is 2.98. The first kappa shape index (κ1) is 18.8. The smallest absolute Gasteiger partial charge is 0.268 e. The summed E-state index contributed by atoms with van der Waals surface area (Å²) in [5.41, 5.74) is 1.15. The summed E-state index contributed by atoms with van der Waals surface area (Å²) in [7, 11) is 0.160. The van der Waals surface area contributed by atoms with E-state index in [1.165, 1.54) is 16.1 Å². The Hall–Kier alpha value is -2.02. The number of aromatic nitrogens is 1. The van der Waals surface area contributed by atoms with E-state index < -0.39 is 10.0 Å². The highest BCUT2D eigenvalue weighted by atomic mass is 35.5. The third kappa shape index (κ3) is 3.45. The first-order valence-electron chi connectivity index (χ1n) is 8.21. The summed E-state index contributed by atoms with van der Waals surface area (Å²) < 4.78 is 33.8. The lowest BCUT2D eigenvalue weighted by molar-refractivity contribution is 0.262. The molecule has 5 nitrogen and oxygen atoms in total. The number of ether oxygens (including phenoxy) is 1. The molecule has 0 amide bonds. The molecule has 0 aliphatic rings. The van der Waals surface area contributed by atoms with Crippen LogP contribution in [0, 0.1) is 6.92 Å².